The summed E-state index contributed by atoms with van der Waals surface area (Å²) in [4.78, 5) is 22.3. The highest BCUT2D eigenvalue weighted by molar-refractivity contribution is 5.75. The van der Waals surface area contributed by atoms with E-state index in [9.17, 15) is 4.79 Å². The highest BCUT2D eigenvalue weighted by atomic mass is 16.5. The zero-order chi connectivity index (χ0) is 21.9. The van der Waals surface area contributed by atoms with Crippen LogP contribution in [0.5, 0.6) is 11.5 Å². The van der Waals surface area contributed by atoms with Crippen LogP contribution in [0.15, 0.2) is 95.9 Å². The normalized spacial score (nSPS) is 10.9. The van der Waals surface area contributed by atoms with Gasteiger partial charge in [-0.2, -0.15) is 5.10 Å². The monoisotopic (exact) mass is 423 g/mol. The molecular formula is C25H21N5O2. The summed E-state index contributed by atoms with van der Waals surface area (Å²) in [5, 5.41) is 4.82. The molecule has 5 rings (SSSR count). The maximum absolute atomic E-state index is 12.7. The Morgan fingerprint density at radius 3 is 2.41 bits per heavy atom. The number of benzene rings is 3. The Kier molecular flexibility index (Phi) is 5.13. The third kappa shape index (κ3) is 3.83. The fourth-order valence-electron chi connectivity index (χ4n) is 3.58. The molecule has 2 aromatic heterocycles. The summed E-state index contributed by atoms with van der Waals surface area (Å²) >= 11 is 0. The molecule has 0 radical (unpaired) electrons. The first kappa shape index (κ1) is 19.6. The third-order valence-corrected chi connectivity index (χ3v) is 5.12. The molecular weight excluding hydrogens is 402 g/mol. The number of aromatic nitrogens is 4. The van der Waals surface area contributed by atoms with Crippen molar-refractivity contribution in [1.29, 1.82) is 0 Å². The van der Waals surface area contributed by atoms with Crippen LogP contribution < -0.4 is 15.2 Å². The number of hydrogen-bond donors (Lipinski definition) is 1. The number of para-hydroxylation sites is 4. The molecule has 0 unspecified atom stereocenters. The molecule has 7 nitrogen and oxygen atoms in total. The second kappa shape index (κ2) is 8.39. The summed E-state index contributed by atoms with van der Waals surface area (Å²) in [6, 6.07) is 27.1. The number of nitrogens with zero attached hydrogens (tertiary/aromatic N) is 4. The molecule has 32 heavy (non-hydrogen) atoms. The standard InChI is InChI=1S/C25H21N5O2/c1-29(21-14-8-9-15-22(21)32-19-12-6-3-7-13-19)17-23-27-24-20(25(31)28-23)16-26-30(24)18-10-4-2-5-11-18/h2-16H,17H2,1H3,(H,27,28,31). The van der Waals surface area contributed by atoms with Crippen LogP contribution in [0.2, 0.25) is 0 Å². The van der Waals surface area contributed by atoms with Gasteiger partial charge in [0.25, 0.3) is 5.56 Å². The van der Waals surface area contributed by atoms with Gasteiger partial charge in [0.2, 0.25) is 0 Å². The lowest BCUT2D eigenvalue weighted by atomic mass is 10.2. The first-order valence-corrected chi connectivity index (χ1v) is 10.2. The van der Waals surface area contributed by atoms with Crippen LogP contribution in [0.25, 0.3) is 16.7 Å². The highest BCUT2D eigenvalue weighted by Crippen LogP contribution is 2.32. The topological polar surface area (TPSA) is 76.0 Å². The largest absolute Gasteiger partial charge is 0.455 e. The van der Waals surface area contributed by atoms with Gasteiger partial charge >= 0.3 is 0 Å². The number of anilines is 1. The Morgan fingerprint density at radius 2 is 1.62 bits per heavy atom. The van der Waals surface area contributed by atoms with Crippen molar-refractivity contribution in [1.82, 2.24) is 19.7 Å². The quantitative estimate of drug-likeness (QED) is 0.434. The Morgan fingerprint density at radius 1 is 0.938 bits per heavy atom. The molecule has 7 heteroatoms. The Balaban J connectivity index is 1.47. The maximum atomic E-state index is 12.7. The molecule has 0 atom stereocenters. The number of rotatable bonds is 6. The molecule has 2 heterocycles. The van der Waals surface area contributed by atoms with Crippen molar-refractivity contribution in [3.63, 3.8) is 0 Å². The average molecular weight is 423 g/mol. The van der Waals surface area contributed by atoms with Crippen molar-refractivity contribution in [2.45, 2.75) is 6.54 Å². The zero-order valence-electron chi connectivity index (χ0n) is 17.5. The number of aromatic amines is 1. The van der Waals surface area contributed by atoms with Gasteiger partial charge in [-0.05, 0) is 36.4 Å². The first-order chi connectivity index (χ1) is 15.7. The van der Waals surface area contributed by atoms with E-state index in [1.165, 1.54) is 0 Å². The molecule has 5 aromatic rings. The molecule has 0 saturated heterocycles. The maximum Gasteiger partial charge on any atom is 0.262 e. The van der Waals surface area contributed by atoms with Crippen LogP contribution >= 0.6 is 0 Å². The van der Waals surface area contributed by atoms with E-state index in [1.807, 2.05) is 96.9 Å². The number of H-pyrrole nitrogens is 1. The van der Waals surface area contributed by atoms with E-state index < -0.39 is 0 Å². The Bertz CT molecular complexity index is 1410. The highest BCUT2D eigenvalue weighted by Gasteiger charge is 2.15. The summed E-state index contributed by atoms with van der Waals surface area (Å²) in [7, 11) is 1.94. The minimum atomic E-state index is -0.214. The zero-order valence-corrected chi connectivity index (χ0v) is 17.5. The minimum absolute atomic E-state index is 0.214. The minimum Gasteiger partial charge on any atom is -0.455 e. The molecule has 0 saturated carbocycles. The third-order valence-electron chi connectivity index (χ3n) is 5.12. The SMILES string of the molecule is CN(Cc1nc2c(cnn2-c2ccccc2)c(=O)[nH]1)c1ccccc1Oc1ccccc1. The van der Waals surface area contributed by atoms with Crippen molar-refractivity contribution < 1.29 is 4.74 Å². The van der Waals surface area contributed by atoms with Crippen LogP contribution in [-0.2, 0) is 6.54 Å². The summed E-state index contributed by atoms with van der Waals surface area (Å²) in [6.45, 7) is 0.389. The average Bonchev–Trinajstić information content (AvgIpc) is 3.25. The van der Waals surface area contributed by atoms with Gasteiger partial charge in [-0.25, -0.2) is 9.67 Å². The van der Waals surface area contributed by atoms with Crippen LogP contribution in [-0.4, -0.2) is 26.8 Å². The van der Waals surface area contributed by atoms with E-state index in [4.69, 9.17) is 9.72 Å². The smallest absolute Gasteiger partial charge is 0.262 e. The molecule has 158 valence electrons. The van der Waals surface area contributed by atoms with Crippen LogP contribution in [0.3, 0.4) is 0 Å². The van der Waals surface area contributed by atoms with Crippen LogP contribution in [0, 0.1) is 0 Å². The lowest BCUT2D eigenvalue weighted by molar-refractivity contribution is 0.482. The van der Waals surface area contributed by atoms with Crippen molar-refractivity contribution in [3.8, 4) is 17.2 Å². The number of fused-ring (bicyclic) bond motifs is 1. The molecule has 0 amide bonds. The van der Waals surface area contributed by atoms with Gasteiger partial charge < -0.3 is 14.6 Å². The van der Waals surface area contributed by atoms with Gasteiger partial charge in [-0.1, -0.05) is 48.5 Å². The molecule has 0 aliphatic heterocycles. The molecule has 0 fully saturated rings. The first-order valence-electron chi connectivity index (χ1n) is 10.2. The molecule has 0 bridgehead atoms. The molecule has 0 aliphatic carbocycles. The Labute approximate surface area is 184 Å². The summed E-state index contributed by atoms with van der Waals surface area (Å²) in [5.41, 5.74) is 2.05. The lowest BCUT2D eigenvalue weighted by Crippen LogP contribution is -2.22. The summed E-state index contributed by atoms with van der Waals surface area (Å²) < 4.78 is 7.76. The lowest BCUT2D eigenvalue weighted by Gasteiger charge is -2.21. The van der Waals surface area contributed by atoms with Crippen molar-refractivity contribution in [3.05, 3.63) is 107 Å². The predicted molar refractivity (Wildman–Crippen MR) is 125 cm³/mol. The number of ether oxygens (including phenoxy) is 1. The van der Waals surface area contributed by atoms with E-state index in [1.54, 1.807) is 10.9 Å². The van der Waals surface area contributed by atoms with E-state index in [0.29, 0.717) is 23.4 Å². The molecule has 3 aromatic carbocycles. The fraction of sp³-hybridized carbons (Fsp3) is 0.0800. The van der Waals surface area contributed by atoms with Gasteiger partial charge in [-0.15, -0.1) is 0 Å². The second-order valence-corrected chi connectivity index (χ2v) is 7.38. The van der Waals surface area contributed by atoms with Gasteiger partial charge in [0, 0.05) is 7.05 Å². The molecule has 1 N–H and O–H groups in total. The second-order valence-electron chi connectivity index (χ2n) is 7.38. The Hall–Kier alpha value is -4.39. The van der Waals surface area contributed by atoms with E-state index in [-0.39, 0.29) is 5.56 Å². The number of nitrogens with one attached hydrogen (secondary N) is 1. The van der Waals surface area contributed by atoms with E-state index in [0.717, 1.165) is 22.9 Å². The van der Waals surface area contributed by atoms with Crippen molar-refractivity contribution in [2.75, 3.05) is 11.9 Å². The predicted octanol–water partition coefficient (Wildman–Crippen LogP) is 4.54. The summed E-state index contributed by atoms with van der Waals surface area (Å²) in [5.74, 6) is 2.02. The van der Waals surface area contributed by atoms with Crippen LogP contribution in [0.1, 0.15) is 5.82 Å². The van der Waals surface area contributed by atoms with E-state index >= 15 is 0 Å². The van der Waals surface area contributed by atoms with Gasteiger partial charge in [0.1, 0.15) is 17.0 Å². The van der Waals surface area contributed by atoms with Crippen molar-refractivity contribution in [2.24, 2.45) is 0 Å². The van der Waals surface area contributed by atoms with Crippen LogP contribution in [0.4, 0.5) is 5.69 Å². The van der Waals surface area contributed by atoms with Gasteiger partial charge in [-0.3, -0.25) is 4.79 Å². The van der Waals surface area contributed by atoms with Crippen molar-refractivity contribution >= 4 is 16.7 Å². The van der Waals surface area contributed by atoms with Gasteiger partial charge in [0.15, 0.2) is 11.4 Å². The molecule has 0 aliphatic rings. The fourth-order valence-corrected chi connectivity index (χ4v) is 3.58. The van der Waals surface area contributed by atoms with E-state index in [2.05, 4.69) is 10.1 Å². The number of hydrogen-bond acceptors (Lipinski definition) is 5. The molecule has 0 spiro atoms. The summed E-state index contributed by atoms with van der Waals surface area (Å²) in [6.07, 6.45) is 1.55. The van der Waals surface area contributed by atoms with Gasteiger partial charge in [0.05, 0.1) is 24.1 Å².